The van der Waals surface area contributed by atoms with E-state index in [1.54, 1.807) is 0 Å². The normalized spacial score (nSPS) is 10.5. The van der Waals surface area contributed by atoms with E-state index in [1.807, 2.05) is 0 Å². The summed E-state index contributed by atoms with van der Waals surface area (Å²) in [6.45, 7) is 0. The van der Waals surface area contributed by atoms with Crippen LogP contribution in [0.1, 0.15) is 0 Å². The number of nitro benzene ring substituents is 1. The van der Waals surface area contributed by atoms with E-state index in [1.165, 1.54) is 0 Å². The maximum atomic E-state index is 11.0. The number of halogens is 1. The van der Waals surface area contributed by atoms with Crippen LogP contribution in [0.15, 0.2) is 29.2 Å². The van der Waals surface area contributed by atoms with Crippen molar-refractivity contribution in [2.24, 2.45) is 0 Å². The summed E-state index contributed by atoms with van der Waals surface area (Å²) in [7, 11) is -3.87. The second-order valence-corrected chi connectivity index (χ2v) is 4.27. The van der Waals surface area contributed by atoms with Gasteiger partial charge in [0.2, 0.25) is 0 Å². The number of sulfonamides is 1. The van der Waals surface area contributed by atoms with Crippen LogP contribution in [0, 0.1) is 10.1 Å². The molecular formula is C6H4ClN2NaO4S. The zero-order valence-electron chi connectivity index (χ0n) is 7.62. The summed E-state index contributed by atoms with van der Waals surface area (Å²) in [5.41, 5.74) is -0.196. The van der Waals surface area contributed by atoms with Gasteiger partial charge in [-0.1, -0.05) is 0 Å². The van der Waals surface area contributed by atoms with E-state index >= 15 is 0 Å². The third-order valence-electron chi connectivity index (χ3n) is 1.44. The number of nitrogens with zero attached hydrogens (tertiary/aromatic N) is 2. The van der Waals surface area contributed by atoms with E-state index in [0.717, 1.165) is 24.3 Å². The molecule has 0 N–H and O–H groups in total. The minimum atomic E-state index is -3.87. The molecule has 9 heteroatoms. The number of nitro groups is 1. The van der Waals surface area contributed by atoms with Crippen LogP contribution in [0.3, 0.4) is 0 Å². The van der Waals surface area contributed by atoms with Crippen LogP contribution >= 0.6 is 11.8 Å². The Bertz CT molecular complexity index is 447. The van der Waals surface area contributed by atoms with Gasteiger partial charge < -0.3 is 4.24 Å². The maximum Gasteiger partial charge on any atom is 1.00 e. The van der Waals surface area contributed by atoms with E-state index in [2.05, 4.69) is 4.24 Å². The summed E-state index contributed by atoms with van der Waals surface area (Å²) in [4.78, 5) is 9.43. The summed E-state index contributed by atoms with van der Waals surface area (Å²) in [5, 5.41) is 10.2. The number of hydrogen-bond acceptors (Lipinski definition) is 4. The molecule has 1 aromatic carbocycles. The topological polar surface area (TPSA) is 91.4 Å². The van der Waals surface area contributed by atoms with Crippen molar-refractivity contribution in [2.45, 2.75) is 4.90 Å². The first-order valence-electron chi connectivity index (χ1n) is 3.30. The smallest absolute Gasteiger partial charge is 0.458 e. The van der Waals surface area contributed by atoms with Crippen LogP contribution in [0.4, 0.5) is 5.69 Å². The first-order chi connectivity index (χ1) is 6.47. The van der Waals surface area contributed by atoms with Gasteiger partial charge in [-0.2, -0.15) is 0 Å². The van der Waals surface area contributed by atoms with Gasteiger partial charge in [0.1, 0.15) is 10.0 Å². The molecule has 0 atom stereocenters. The van der Waals surface area contributed by atoms with E-state index in [9.17, 15) is 18.5 Å². The molecule has 0 fully saturated rings. The Balaban J connectivity index is 0.00000196. The molecule has 0 aliphatic rings. The van der Waals surface area contributed by atoms with Gasteiger partial charge in [0.25, 0.3) is 5.69 Å². The molecule has 1 aromatic rings. The summed E-state index contributed by atoms with van der Waals surface area (Å²) in [5.74, 6) is 0. The van der Waals surface area contributed by atoms with Crippen molar-refractivity contribution in [3.63, 3.8) is 0 Å². The molecule has 15 heavy (non-hydrogen) atoms. The van der Waals surface area contributed by atoms with Gasteiger partial charge in [0, 0.05) is 17.0 Å². The predicted octanol–water partition coefficient (Wildman–Crippen LogP) is -1.19. The van der Waals surface area contributed by atoms with Crippen LogP contribution in [-0.2, 0) is 10.0 Å². The van der Waals surface area contributed by atoms with Gasteiger partial charge in [0.05, 0.1) is 4.92 Å². The van der Waals surface area contributed by atoms with Gasteiger partial charge in [-0.15, -0.1) is 0 Å². The Labute approximate surface area is 113 Å². The summed E-state index contributed by atoms with van der Waals surface area (Å²) < 4.78 is 24.7. The summed E-state index contributed by atoms with van der Waals surface area (Å²) in [6.07, 6.45) is 0. The SMILES string of the molecule is O=[N+]([O-])c1ccc(S(=O)(=O)[N-]Cl)cc1.[Na+]. The average molecular weight is 259 g/mol. The molecule has 0 bridgehead atoms. The molecule has 0 saturated carbocycles. The molecule has 6 nitrogen and oxygen atoms in total. The van der Waals surface area contributed by atoms with Crippen molar-refractivity contribution in [2.75, 3.05) is 0 Å². The molecule has 0 amide bonds. The fraction of sp³-hybridized carbons (Fsp3) is 0. The fourth-order valence-electron chi connectivity index (χ4n) is 0.780. The van der Waals surface area contributed by atoms with Crippen molar-refractivity contribution in [1.29, 1.82) is 0 Å². The van der Waals surface area contributed by atoms with Crippen LogP contribution in [0.2, 0.25) is 0 Å². The Kier molecular flexibility index (Phi) is 5.71. The zero-order valence-corrected chi connectivity index (χ0v) is 11.2. The molecule has 1 rings (SSSR count). The van der Waals surface area contributed by atoms with Gasteiger partial charge >= 0.3 is 29.6 Å². The van der Waals surface area contributed by atoms with Crippen molar-refractivity contribution < 1.29 is 42.9 Å². The molecule has 0 spiro atoms. The predicted molar refractivity (Wildman–Crippen MR) is 49.5 cm³/mol. The Hall–Kier alpha value is -0.180. The monoisotopic (exact) mass is 258 g/mol. The first kappa shape index (κ1) is 14.8. The summed E-state index contributed by atoms with van der Waals surface area (Å²) in [6, 6.07) is 4.27. The number of non-ortho nitro benzene ring substituents is 1. The van der Waals surface area contributed by atoms with Crippen molar-refractivity contribution >= 4 is 27.5 Å². The van der Waals surface area contributed by atoms with Crippen LogP contribution in [0.25, 0.3) is 4.24 Å². The third-order valence-corrected chi connectivity index (χ3v) is 3.03. The average Bonchev–Trinajstić information content (AvgIpc) is 2.18. The Morgan fingerprint density at radius 1 is 1.27 bits per heavy atom. The van der Waals surface area contributed by atoms with Gasteiger partial charge in [-0.25, -0.2) is 8.42 Å². The van der Waals surface area contributed by atoms with Crippen molar-refractivity contribution in [3.8, 4) is 0 Å². The van der Waals surface area contributed by atoms with E-state index in [-0.39, 0.29) is 40.1 Å². The molecule has 0 saturated heterocycles. The summed E-state index contributed by atoms with van der Waals surface area (Å²) >= 11 is 4.83. The van der Waals surface area contributed by atoms with Gasteiger partial charge in [-0.3, -0.25) is 21.9 Å². The molecule has 76 valence electrons. The Morgan fingerprint density at radius 2 is 1.73 bits per heavy atom. The number of benzene rings is 1. The number of rotatable bonds is 3. The third kappa shape index (κ3) is 3.71. The molecule has 0 aliphatic carbocycles. The minimum absolute atomic E-state index is 0. The molecule has 0 aliphatic heterocycles. The van der Waals surface area contributed by atoms with Crippen LogP contribution in [-0.4, -0.2) is 13.3 Å². The van der Waals surface area contributed by atoms with E-state index < -0.39 is 14.9 Å². The first-order valence-corrected chi connectivity index (χ1v) is 5.08. The Morgan fingerprint density at radius 3 is 2.07 bits per heavy atom. The zero-order chi connectivity index (χ0) is 10.8. The van der Waals surface area contributed by atoms with E-state index in [4.69, 9.17) is 11.8 Å². The maximum absolute atomic E-state index is 11.0. The largest absolute Gasteiger partial charge is 1.00 e. The molecule has 0 heterocycles. The van der Waals surface area contributed by atoms with Crippen molar-refractivity contribution in [1.82, 2.24) is 0 Å². The second kappa shape index (κ2) is 5.78. The molecular weight excluding hydrogens is 255 g/mol. The quantitative estimate of drug-likeness (QED) is 0.387. The van der Waals surface area contributed by atoms with Gasteiger partial charge in [0.15, 0.2) is 0 Å². The van der Waals surface area contributed by atoms with Crippen molar-refractivity contribution in [3.05, 3.63) is 38.6 Å². The van der Waals surface area contributed by atoms with E-state index in [0.29, 0.717) is 0 Å². The molecule has 0 unspecified atom stereocenters. The van der Waals surface area contributed by atoms with Crippen LogP contribution in [0.5, 0.6) is 0 Å². The standard InChI is InChI=1S/C6H4ClN2O4S.Na/c7-8-14(12,13)6-3-1-5(2-4-6)9(10)11;/h1-4H;/q-1;+1. The molecule has 0 aromatic heterocycles. The van der Waals surface area contributed by atoms with Crippen LogP contribution < -0.4 is 29.6 Å². The second-order valence-electron chi connectivity index (χ2n) is 2.30. The number of hydrogen-bond donors (Lipinski definition) is 0. The molecule has 0 radical (unpaired) electrons. The fourth-order valence-corrected chi connectivity index (χ4v) is 1.58. The van der Waals surface area contributed by atoms with Gasteiger partial charge in [-0.05, 0) is 12.1 Å². The minimum Gasteiger partial charge on any atom is -0.458 e.